The zero-order valence-electron chi connectivity index (χ0n) is 14.5. The van der Waals surface area contributed by atoms with Gasteiger partial charge in [-0.25, -0.2) is 0 Å². The molecule has 1 aliphatic rings. The number of phenols is 1. The number of methoxy groups -OCH3 is 1. The van der Waals surface area contributed by atoms with E-state index in [1.165, 1.54) is 7.11 Å². The van der Waals surface area contributed by atoms with Gasteiger partial charge in [-0.2, -0.15) is 0 Å². The van der Waals surface area contributed by atoms with Gasteiger partial charge in [-0.3, -0.25) is 9.59 Å². The second-order valence-corrected chi connectivity index (χ2v) is 7.26. The highest BCUT2D eigenvalue weighted by Crippen LogP contribution is 2.38. The quantitative estimate of drug-likeness (QED) is 0.526. The molecule has 4 rings (SSSR count). The number of aromatic hydroxyl groups is 1. The smallest absolute Gasteiger partial charge is 0.201 e. The van der Waals surface area contributed by atoms with E-state index < -0.39 is 5.78 Å². The van der Waals surface area contributed by atoms with Crippen molar-refractivity contribution in [1.29, 1.82) is 0 Å². The van der Waals surface area contributed by atoms with E-state index in [1.54, 1.807) is 30.3 Å². The summed E-state index contributed by atoms with van der Waals surface area (Å²) in [4.78, 5) is 26.0. The molecule has 0 unspecified atom stereocenters. The highest BCUT2D eigenvalue weighted by molar-refractivity contribution is 9.10. The van der Waals surface area contributed by atoms with Gasteiger partial charge in [0.15, 0.2) is 5.78 Å². The van der Waals surface area contributed by atoms with E-state index in [0.717, 1.165) is 10.0 Å². The van der Waals surface area contributed by atoms with Crippen LogP contribution in [0.5, 0.6) is 11.5 Å². The SMILES string of the molecule is COc1cccc2c1C(=O)c1c(ccc(Cc3ccc(Br)cc3)c1O)C2=O. The Labute approximate surface area is 164 Å². The van der Waals surface area contributed by atoms with Gasteiger partial charge in [-0.1, -0.05) is 46.3 Å². The zero-order valence-corrected chi connectivity index (χ0v) is 16.0. The molecule has 0 saturated carbocycles. The second kappa shape index (κ2) is 6.67. The lowest BCUT2D eigenvalue weighted by atomic mass is 9.81. The Kier molecular flexibility index (Phi) is 4.32. The number of hydrogen-bond donors (Lipinski definition) is 1. The minimum absolute atomic E-state index is 0.0478. The third kappa shape index (κ3) is 2.84. The maximum atomic E-state index is 13.1. The molecule has 3 aromatic carbocycles. The summed E-state index contributed by atoms with van der Waals surface area (Å²) in [5.41, 5.74) is 2.35. The number of ketones is 2. The van der Waals surface area contributed by atoms with Crippen molar-refractivity contribution < 1.29 is 19.4 Å². The summed E-state index contributed by atoms with van der Waals surface area (Å²) >= 11 is 3.39. The Balaban J connectivity index is 1.83. The molecule has 27 heavy (non-hydrogen) atoms. The maximum absolute atomic E-state index is 13.1. The summed E-state index contributed by atoms with van der Waals surface area (Å²) in [6, 6.07) is 15.9. The fraction of sp³-hybridized carbons (Fsp3) is 0.0909. The van der Waals surface area contributed by atoms with Gasteiger partial charge >= 0.3 is 0 Å². The molecule has 0 spiro atoms. The molecule has 0 amide bonds. The number of carbonyl (C=O) groups excluding carboxylic acids is 2. The van der Waals surface area contributed by atoms with Crippen LogP contribution in [0.15, 0.2) is 59.1 Å². The van der Waals surface area contributed by atoms with Crippen LogP contribution in [0.4, 0.5) is 0 Å². The van der Waals surface area contributed by atoms with Crippen molar-refractivity contribution in [2.45, 2.75) is 6.42 Å². The summed E-state index contributed by atoms with van der Waals surface area (Å²) in [5.74, 6) is -0.504. The average Bonchev–Trinajstić information content (AvgIpc) is 2.68. The molecule has 1 N–H and O–H groups in total. The summed E-state index contributed by atoms with van der Waals surface area (Å²) in [7, 11) is 1.45. The largest absolute Gasteiger partial charge is 0.507 e. The lowest BCUT2D eigenvalue weighted by Gasteiger charge is -2.21. The van der Waals surface area contributed by atoms with Gasteiger partial charge in [-0.05, 0) is 35.4 Å². The van der Waals surface area contributed by atoms with Crippen LogP contribution in [0, 0.1) is 0 Å². The molecule has 1 aliphatic carbocycles. The first kappa shape index (κ1) is 17.5. The van der Waals surface area contributed by atoms with Crippen molar-refractivity contribution in [1.82, 2.24) is 0 Å². The van der Waals surface area contributed by atoms with Crippen LogP contribution in [0.3, 0.4) is 0 Å². The number of benzene rings is 3. The highest BCUT2D eigenvalue weighted by atomic mass is 79.9. The van der Waals surface area contributed by atoms with E-state index in [1.807, 2.05) is 24.3 Å². The molecule has 0 bridgehead atoms. The molecule has 0 atom stereocenters. The van der Waals surface area contributed by atoms with Crippen molar-refractivity contribution in [3.05, 3.63) is 92.5 Å². The molecule has 0 aliphatic heterocycles. The van der Waals surface area contributed by atoms with Crippen LogP contribution in [0.25, 0.3) is 0 Å². The van der Waals surface area contributed by atoms with Gasteiger partial charge in [0.25, 0.3) is 0 Å². The van der Waals surface area contributed by atoms with Crippen molar-refractivity contribution in [2.75, 3.05) is 7.11 Å². The molecule has 3 aromatic rings. The van der Waals surface area contributed by atoms with E-state index in [-0.39, 0.29) is 28.2 Å². The van der Waals surface area contributed by atoms with Crippen molar-refractivity contribution in [3.8, 4) is 11.5 Å². The molecule has 5 heteroatoms. The van der Waals surface area contributed by atoms with Crippen molar-refractivity contribution >= 4 is 27.5 Å². The number of rotatable bonds is 3. The lowest BCUT2D eigenvalue weighted by Crippen LogP contribution is -2.22. The van der Waals surface area contributed by atoms with Crippen LogP contribution in [0.1, 0.15) is 43.0 Å². The Bertz CT molecular complexity index is 1080. The molecule has 0 heterocycles. The third-order valence-electron chi connectivity index (χ3n) is 4.76. The first-order chi connectivity index (χ1) is 13.0. The standard InChI is InChI=1S/C22H15BrO4/c1-27-17-4-2-3-15-18(17)22(26)19-16(21(15)25)10-7-13(20(19)24)11-12-5-8-14(23)9-6-12/h2-10,24H,11H2,1H3. The minimum Gasteiger partial charge on any atom is -0.507 e. The molecular weight excluding hydrogens is 408 g/mol. The Morgan fingerprint density at radius 1 is 0.889 bits per heavy atom. The van der Waals surface area contributed by atoms with E-state index in [9.17, 15) is 14.7 Å². The second-order valence-electron chi connectivity index (χ2n) is 6.34. The Morgan fingerprint density at radius 2 is 1.59 bits per heavy atom. The summed E-state index contributed by atoms with van der Waals surface area (Å²) < 4.78 is 6.23. The van der Waals surface area contributed by atoms with Gasteiger partial charge in [0.2, 0.25) is 5.78 Å². The fourth-order valence-electron chi connectivity index (χ4n) is 3.41. The van der Waals surface area contributed by atoms with E-state index in [0.29, 0.717) is 23.3 Å². The monoisotopic (exact) mass is 422 g/mol. The Hall–Kier alpha value is -2.92. The van der Waals surface area contributed by atoms with E-state index >= 15 is 0 Å². The van der Waals surface area contributed by atoms with E-state index in [2.05, 4.69) is 15.9 Å². The third-order valence-corrected chi connectivity index (χ3v) is 5.29. The van der Waals surface area contributed by atoms with Crippen LogP contribution in [0.2, 0.25) is 0 Å². The number of carbonyl (C=O) groups is 2. The molecular formula is C22H15BrO4. The van der Waals surface area contributed by atoms with Crippen LogP contribution >= 0.6 is 15.9 Å². The lowest BCUT2D eigenvalue weighted by molar-refractivity contribution is 0.0974. The minimum atomic E-state index is -0.396. The molecule has 0 radical (unpaired) electrons. The molecule has 0 saturated heterocycles. The van der Waals surface area contributed by atoms with Gasteiger partial charge in [0.05, 0.1) is 18.2 Å². The Morgan fingerprint density at radius 3 is 2.30 bits per heavy atom. The predicted octanol–water partition coefficient (Wildman–Crippen LogP) is 4.53. The number of hydrogen-bond acceptors (Lipinski definition) is 4. The van der Waals surface area contributed by atoms with E-state index in [4.69, 9.17) is 4.74 Å². The van der Waals surface area contributed by atoms with Crippen LogP contribution in [-0.4, -0.2) is 23.8 Å². The van der Waals surface area contributed by atoms with Crippen molar-refractivity contribution in [2.24, 2.45) is 0 Å². The highest BCUT2D eigenvalue weighted by Gasteiger charge is 2.35. The number of halogens is 1. The average molecular weight is 423 g/mol. The first-order valence-corrected chi connectivity index (χ1v) is 9.16. The van der Waals surface area contributed by atoms with Crippen molar-refractivity contribution in [3.63, 3.8) is 0 Å². The molecule has 0 fully saturated rings. The van der Waals surface area contributed by atoms with Crippen LogP contribution < -0.4 is 4.74 Å². The molecule has 0 aromatic heterocycles. The summed E-state index contributed by atoms with van der Waals surface area (Å²) in [5, 5.41) is 10.8. The predicted molar refractivity (Wildman–Crippen MR) is 105 cm³/mol. The van der Waals surface area contributed by atoms with Crippen LogP contribution in [-0.2, 0) is 6.42 Å². The number of phenolic OH excluding ortho intramolecular Hbond substituents is 1. The van der Waals surface area contributed by atoms with Gasteiger partial charge in [0, 0.05) is 22.0 Å². The molecule has 134 valence electrons. The zero-order chi connectivity index (χ0) is 19.1. The number of ether oxygens (including phenoxy) is 1. The first-order valence-electron chi connectivity index (χ1n) is 8.37. The van der Waals surface area contributed by atoms with Gasteiger partial charge < -0.3 is 9.84 Å². The maximum Gasteiger partial charge on any atom is 0.201 e. The van der Waals surface area contributed by atoms with Gasteiger partial charge in [-0.15, -0.1) is 0 Å². The van der Waals surface area contributed by atoms with Gasteiger partial charge in [0.1, 0.15) is 11.5 Å². The summed E-state index contributed by atoms with van der Waals surface area (Å²) in [6.07, 6.45) is 0.451. The number of fused-ring (bicyclic) bond motifs is 2. The normalized spacial score (nSPS) is 12.5. The summed E-state index contributed by atoms with van der Waals surface area (Å²) in [6.45, 7) is 0. The topological polar surface area (TPSA) is 63.6 Å². The fourth-order valence-corrected chi connectivity index (χ4v) is 3.68. The molecule has 4 nitrogen and oxygen atoms in total.